The highest BCUT2D eigenvalue weighted by Crippen LogP contribution is 2.29. The maximum atomic E-state index is 12.1. The van der Waals surface area contributed by atoms with E-state index in [9.17, 15) is 18.3 Å². The molecule has 1 aromatic rings. The van der Waals surface area contributed by atoms with Crippen molar-refractivity contribution in [1.29, 1.82) is 0 Å². The highest BCUT2D eigenvalue weighted by molar-refractivity contribution is 5.28. The molecule has 0 radical (unpaired) electrons. The monoisotopic (exact) mass is 291 g/mol. The summed E-state index contributed by atoms with van der Waals surface area (Å²) in [5, 5.41) is 9.52. The van der Waals surface area contributed by atoms with Crippen molar-refractivity contribution in [3.63, 3.8) is 0 Å². The number of halogens is 3. The van der Waals surface area contributed by atoms with E-state index >= 15 is 0 Å². The van der Waals surface area contributed by atoms with Crippen molar-refractivity contribution in [3.05, 3.63) is 29.8 Å². The van der Waals surface area contributed by atoms with Crippen molar-refractivity contribution >= 4 is 0 Å². The van der Waals surface area contributed by atoms with Crippen LogP contribution in [-0.2, 0) is 6.42 Å². The van der Waals surface area contributed by atoms with Gasteiger partial charge in [-0.05, 0) is 30.5 Å². The molecule has 0 saturated carbocycles. The Hall–Kier alpha value is -1.27. The van der Waals surface area contributed by atoms with Gasteiger partial charge in [-0.2, -0.15) is 0 Å². The van der Waals surface area contributed by atoms with Gasteiger partial charge in [0.05, 0.1) is 6.61 Å². The maximum absolute atomic E-state index is 12.1. The molecule has 0 bridgehead atoms. The smallest absolute Gasteiger partial charge is 0.406 e. The molecule has 114 valence electrons. The normalized spacial score (nSPS) is 14.9. The molecule has 1 unspecified atom stereocenters. The van der Waals surface area contributed by atoms with Crippen LogP contribution in [0.1, 0.15) is 25.3 Å². The van der Waals surface area contributed by atoms with Crippen LogP contribution in [0.4, 0.5) is 13.2 Å². The molecule has 20 heavy (non-hydrogen) atoms. The zero-order chi connectivity index (χ0) is 15.2. The van der Waals surface area contributed by atoms with Gasteiger partial charge < -0.3 is 15.6 Å². The lowest BCUT2D eigenvalue weighted by Crippen LogP contribution is -2.36. The third kappa shape index (κ3) is 5.02. The second kappa shape index (κ2) is 6.95. The van der Waals surface area contributed by atoms with E-state index in [2.05, 4.69) is 4.74 Å². The lowest BCUT2D eigenvalue weighted by Gasteiger charge is -2.30. The van der Waals surface area contributed by atoms with Crippen molar-refractivity contribution in [2.75, 3.05) is 13.2 Å². The van der Waals surface area contributed by atoms with Gasteiger partial charge in [-0.1, -0.05) is 25.5 Å². The van der Waals surface area contributed by atoms with Crippen LogP contribution in [0.2, 0.25) is 0 Å². The van der Waals surface area contributed by atoms with Crippen molar-refractivity contribution < 1.29 is 23.0 Å². The molecule has 0 heterocycles. The molecule has 0 fully saturated rings. The van der Waals surface area contributed by atoms with Crippen LogP contribution >= 0.6 is 0 Å². The number of benzene rings is 1. The average molecular weight is 291 g/mol. The van der Waals surface area contributed by atoms with Gasteiger partial charge in [0.15, 0.2) is 0 Å². The highest BCUT2D eigenvalue weighted by Gasteiger charge is 2.31. The van der Waals surface area contributed by atoms with E-state index in [-0.39, 0.29) is 12.4 Å². The largest absolute Gasteiger partial charge is 0.573 e. The predicted octanol–water partition coefficient (Wildman–Crippen LogP) is 2.87. The third-order valence-electron chi connectivity index (χ3n) is 3.28. The van der Waals surface area contributed by atoms with E-state index in [0.29, 0.717) is 13.0 Å². The van der Waals surface area contributed by atoms with Gasteiger partial charge in [0.2, 0.25) is 0 Å². The number of aliphatic hydroxyl groups excluding tert-OH is 1. The number of alkyl halides is 3. The quantitative estimate of drug-likeness (QED) is 0.812. The lowest BCUT2D eigenvalue weighted by atomic mass is 9.78. The Labute approximate surface area is 116 Å². The van der Waals surface area contributed by atoms with E-state index in [1.54, 1.807) is 12.1 Å². The Morgan fingerprint density at radius 1 is 1.20 bits per heavy atom. The van der Waals surface area contributed by atoms with E-state index < -0.39 is 11.8 Å². The summed E-state index contributed by atoms with van der Waals surface area (Å²) in [7, 11) is 0. The summed E-state index contributed by atoms with van der Waals surface area (Å²) in [5.41, 5.74) is 6.14. The molecule has 3 N–H and O–H groups in total. The number of ether oxygens (including phenoxy) is 1. The minimum Gasteiger partial charge on any atom is -0.406 e. The van der Waals surface area contributed by atoms with Crippen LogP contribution in [0.3, 0.4) is 0 Å². The fourth-order valence-corrected chi connectivity index (χ4v) is 2.23. The molecule has 1 atom stereocenters. The Morgan fingerprint density at radius 3 is 2.20 bits per heavy atom. The predicted molar refractivity (Wildman–Crippen MR) is 70.3 cm³/mol. The van der Waals surface area contributed by atoms with Crippen molar-refractivity contribution in [2.45, 2.75) is 32.5 Å². The van der Waals surface area contributed by atoms with E-state index in [0.717, 1.165) is 18.4 Å². The second-order valence-electron chi connectivity index (χ2n) is 4.98. The standard InChI is InChI=1S/C14H20F3NO2/c1-2-7-13(9-18,10-19)8-11-3-5-12(6-4-11)20-14(15,16)17/h3-6,19H,2,7-10,18H2,1H3. The maximum Gasteiger partial charge on any atom is 0.573 e. The molecular weight excluding hydrogens is 271 g/mol. The van der Waals surface area contributed by atoms with E-state index in [1.807, 2.05) is 6.92 Å². The molecule has 0 aliphatic carbocycles. The fraction of sp³-hybridized carbons (Fsp3) is 0.571. The summed E-state index contributed by atoms with van der Waals surface area (Å²) in [6.07, 6.45) is -2.51. The molecule has 0 saturated heterocycles. The first kappa shape index (κ1) is 16.8. The fourth-order valence-electron chi connectivity index (χ4n) is 2.23. The molecule has 1 rings (SSSR count). The van der Waals surface area contributed by atoms with Crippen LogP contribution in [0, 0.1) is 5.41 Å². The van der Waals surface area contributed by atoms with Crippen LogP contribution in [0.5, 0.6) is 5.75 Å². The average Bonchev–Trinajstić information content (AvgIpc) is 2.39. The van der Waals surface area contributed by atoms with Crippen LogP contribution in [0.25, 0.3) is 0 Å². The summed E-state index contributed by atoms with van der Waals surface area (Å²) in [4.78, 5) is 0. The number of rotatable bonds is 7. The minimum absolute atomic E-state index is 0.0435. The highest BCUT2D eigenvalue weighted by atomic mass is 19.4. The SMILES string of the molecule is CCCC(CN)(CO)Cc1ccc(OC(F)(F)F)cc1. The summed E-state index contributed by atoms with van der Waals surface area (Å²) >= 11 is 0. The summed E-state index contributed by atoms with van der Waals surface area (Å²) in [6, 6.07) is 5.68. The van der Waals surface area contributed by atoms with Crippen molar-refractivity contribution in [2.24, 2.45) is 11.1 Å². The molecule has 0 aliphatic rings. The Kier molecular flexibility index (Phi) is 5.83. The first-order valence-corrected chi connectivity index (χ1v) is 6.50. The molecule has 0 aliphatic heterocycles. The van der Waals surface area contributed by atoms with Gasteiger partial charge in [0.1, 0.15) is 5.75 Å². The Bertz CT molecular complexity index is 400. The van der Waals surface area contributed by atoms with Gasteiger partial charge in [-0.3, -0.25) is 0 Å². The molecule has 1 aromatic carbocycles. The first-order chi connectivity index (χ1) is 9.34. The van der Waals surface area contributed by atoms with Crippen molar-refractivity contribution in [3.8, 4) is 5.75 Å². The molecule has 3 nitrogen and oxygen atoms in total. The summed E-state index contributed by atoms with van der Waals surface area (Å²) < 4.78 is 40.0. The number of aliphatic hydroxyl groups is 1. The zero-order valence-corrected chi connectivity index (χ0v) is 11.4. The van der Waals surface area contributed by atoms with Gasteiger partial charge in [0.25, 0.3) is 0 Å². The van der Waals surface area contributed by atoms with Gasteiger partial charge >= 0.3 is 6.36 Å². The molecule has 6 heteroatoms. The molecular formula is C14H20F3NO2. The molecule has 0 spiro atoms. The van der Waals surface area contributed by atoms with Crippen molar-refractivity contribution in [1.82, 2.24) is 0 Å². The summed E-state index contributed by atoms with van der Waals surface area (Å²) in [6.45, 7) is 2.29. The third-order valence-corrected chi connectivity index (χ3v) is 3.28. The van der Waals surface area contributed by atoms with Gasteiger partial charge in [-0.15, -0.1) is 13.2 Å². The zero-order valence-electron chi connectivity index (χ0n) is 11.4. The van der Waals surface area contributed by atoms with E-state index in [4.69, 9.17) is 5.73 Å². The van der Waals surface area contributed by atoms with Gasteiger partial charge in [0, 0.05) is 12.0 Å². The number of nitrogens with two attached hydrogens (primary N) is 1. The van der Waals surface area contributed by atoms with E-state index in [1.165, 1.54) is 12.1 Å². The summed E-state index contributed by atoms with van der Waals surface area (Å²) in [5.74, 6) is -0.251. The molecule has 0 amide bonds. The first-order valence-electron chi connectivity index (χ1n) is 6.50. The Morgan fingerprint density at radius 2 is 1.80 bits per heavy atom. The lowest BCUT2D eigenvalue weighted by molar-refractivity contribution is -0.274. The van der Waals surface area contributed by atoms with Crippen LogP contribution in [-0.4, -0.2) is 24.6 Å². The van der Waals surface area contributed by atoms with Crippen LogP contribution in [0.15, 0.2) is 24.3 Å². The Balaban J connectivity index is 2.77. The number of hydrogen-bond acceptors (Lipinski definition) is 3. The van der Waals surface area contributed by atoms with Crippen LogP contribution < -0.4 is 10.5 Å². The second-order valence-corrected chi connectivity index (χ2v) is 4.98. The minimum atomic E-state index is -4.68. The number of hydrogen-bond donors (Lipinski definition) is 2. The van der Waals surface area contributed by atoms with Gasteiger partial charge in [-0.25, -0.2) is 0 Å². The molecule has 0 aromatic heterocycles. The topological polar surface area (TPSA) is 55.5 Å².